The Morgan fingerprint density at radius 1 is 1.38 bits per heavy atom. The zero-order valence-electron chi connectivity index (χ0n) is 12.1. The summed E-state index contributed by atoms with van der Waals surface area (Å²) in [5, 5.41) is 0. The number of ether oxygens (including phenoxy) is 1. The van der Waals surface area contributed by atoms with Gasteiger partial charge < -0.3 is 15.4 Å². The predicted molar refractivity (Wildman–Crippen MR) is 81.9 cm³/mol. The van der Waals surface area contributed by atoms with Gasteiger partial charge in [-0.05, 0) is 37.0 Å². The van der Waals surface area contributed by atoms with Crippen LogP contribution < -0.4 is 5.73 Å². The number of rotatable bonds is 5. The smallest absolute Gasteiger partial charge is 0.251 e. The number of nitrogens with zero attached hydrogens (tertiary/aromatic N) is 1. The van der Waals surface area contributed by atoms with Gasteiger partial charge in [0.25, 0.3) is 5.91 Å². The maximum atomic E-state index is 12.8. The molecular formula is C15H22ClFN2O2. The van der Waals surface area contributed by atoms with E-state index in [1.54, 1.807) is 24.1 Å². The summed E-state index contributed by atoms with van der Waals surface area (Å²) in [5.41, 5.74) is 6.55. The lowest BCUT2D eigenvalue weighted by Gasteiger charge is -2.21. The topological polar surface area (TPSA) is 55.6 Å². The lowest BCUT2D eigenvalue weighted by Crippen LogP contribution is -2.38. The third-order valence-corrected chi connectivity index (χ3v) is 3.67. The summed E-state index contributed by atoms with van der Waals surface area (Å²) in [6, 6.07) is 6.35. The van der Waals surface area contributed by atoms with Crippen molar-refractivity contribution in [1.82, 2.24) is 4.90 Å². The molecule has 4 nitrogen and oxygen atoms in total. The molecule has 6 heteroatoms. The van der Waals surface area contributed by atoms with E-state index in [4.69, 9.17) is 10.5 Å². The number of benzene rings is 1. The minimum Gasteiger partial charge on any atom is -0.364 e. The van der Waals surface area contributed by atoms with E-state index in [1.165, 1.54) is 12.1 Å². The Kier molecular flexibility index (Phi) is 7.08. The number of halogens is 2. The van der Waals surface area contributed by atoms with Crippen LogP contribution in [0.2, 0.25) is 0 Å². The van der Waals surface area contributed by atoms with Crippen LogP contribution in [0.4, 0.5) is 4.39 Å². The van der Waals surface area contributed by atoms with Gasteiger partial charge >= 0.3 is 0 Å². The largest absolute Gasteiger partial charge is 0.364 e. The Labute approximate surface area is 130 Å². The fourth-order valence-corrected chi connectivity index (χ4v) is 2.36. The van der Waals surface area contributed by atoms with Crippen LogP contribution in [-0.4, -0.2) is 43.2 Å². The fourth-order valence-electron chi connectivity index (χ4n) is 2.36. The van der Waals surface area contributed by atoms with Crippen LogP contribution in [0, 0.1) is 5.82 Å². The third kappa shape index (κ3) is 4.95. The van der Waals surface area contributed by atoms with E-state index in [1.807, 2.05) is 0 Å². The van der Waals surface area contributed by atoms with E-state index in [0.29, 0.717) is 19.5 Å². The van der Waals surface area contributed by atoms with Crippen LogP contribution >= 0.6 is 12.4 Å². The first-order chi connectivity index (χ1) is 9.60. The SMILES string of the molecule is CN(CCc1ccc(F)cc1)C(=O)[C@@H]1CC[C@H](CN)O1.Cl. The molecule has 0 aromatic heterocycles. The van der Waals surface area contributed by atoms with E-state index < -0.39 is 0 Å². The molecule has 0 saturated carbocycles. The first-order valence-electron chi connectivity index (χ1n) is 6.95. The minimum absolute atomic E-state index is 0. The lowest BCUT2D eigenvalue weighted by molar-refractivity contribution is -0.141. The average molecular weight is 317 g/mol. The van der Waals surface area contributed by atoms with Crippen LogP contribution in [0.1, 0.15) is 18.4 Å². The molecule has 0 spiro atoms. The highest BCUT2D eigenvalue weighted by atomic mass is 35.5. The van der Waals surface area contributed by atoms with Crippen molar-refractivity contribution >= 4 is 18.3 Å². The maximum absolute atomic E-state index is 12.8. The molecule has 1 saturated heterocycles. The molecule has 2 rings (SSSR count). The standard InChI is InChI=1S/C15H21FN2O2.ClH/c1-18(9-8-11-2-4-12(16)5-3-11)15(19)14-7-6-13(10-17)20-14;/h2-5,13-14H,6-10,17H2,1H3;1H/t13-,14+;/m1./s1. The van der Waals surface area contributed by atoms with Gasteiger partial charge in [0, 0.05) is 20.1 Å². The zero-order chi connectivity index (χ0) is 14.5. The maximum Gasteiger partial charge on any atom is 0.251 e. The molecule has 118 valence electrons. The van der Waals surface area contributed by atoms with Crippen molar-refractivity contribution in [3.63, 3.8) is 0 Å². The van der Waals surface area contributed by atoms with Gasteiger partial charge in [-0.3, -0.25) is 4.79 Å². The number of hydrogen-bond acceptors (Lipinski definition) is 3. The molecule has 1 aromatic rings. The number of amides is 1. The van der Waals surface area contributed by atoms with Crippen LogP contribution in [0.15, 0.2) is 24.3 Å². The van der Waals surface area contributed by atoms with Crippen LogP contribution in [0.5, 0.6) is 0 Å². The summed E-state index contributed by atoms with van der Waals surface area (Å²) in [6.45, 7) is 1.06. The molecule has 1 aromatic carbocycles. The number of hydrogen-bond donors (Lipinski definition) is 1. The number of carbonyl (C=O) groups excluding carboxylic acids is 1. The Hall–Kier alpha value is -1.17. The molecule has 0 aliphatic carbocycles. The van der Waals surface area contributed by atoms with Crippen molar-refractivity contribution in [2.75, 3.05) is 20.1 Å². The van der Waals surface area contributed by atoms with E-state index in [9.17, 15) is 9.18 Å². The monoisotopic (exact) mass is 316 g/mol. The molecule has 2 atom stereocenters. The highest BCUT2D eigenvalue weighted by Gasteiger charge is 2.31. The van der Waals surface area contributed by atoms with Gasteiger partial charge in [0.1, 0.15) is 11.9 Å². The Bertz CT molecular complexity index is 455. The van der Waals surface area contributed by atoms with E-state index in [0.717, 1.165) is 18.4 Å². The summed E-state index contributed by atoms with van der Waals surface area (Å²) < 4.78 is 18.4. The molecule has 2 N–H and O–H groups in total. The van der Waals surface area contributed by atoms with Gasteiger partial charge in [-0.15, -0.1) is 12.4 Å². The third-order valence-electron chi connectivity index (χ3n) is 3.67. The molecule has 1 aliphatic rings. The highest BCUT2D eigenvalue weighted by Crippen LogP contribution is 2.20. The van der Waals surface area contributed by atoms with Crippen molar-refractivity contribution in [2.45, 2.75) is 31.5 Å². The zero-order valence-corrected chi connectivity index (χ0v) is 12.9. The summed E-state index contributed by atoms with van der Waals surface area (Å²) in [6.07, 6.45) is 1.94. The Balaban J connectivity index is 0.00000220. The molecule has 0 bridgehead atoms. The van der Waals surface area contributed by atoms with Gasteiger partial charge in [0.15, 0.2) is 0 Å². The number of likely N-dealkylation sites (N-methyl/N-ethyl adjacent to an activating group) is 1. The first kappa shape index (κ1) is 17.9. The van der Waals surface area contributed by atoms with Crippen molar-refractivity contribution in [1.29, 1.82) is 0 Å². The molecule has 1 heterocycles. The van der Waals surface area contributed by atoms with Crippen molar-refractivity contribution in [3.8, 4) is 0 Å². The van der Waals surface area contributed by atoms with E-state index in [-0.39, 0.29) is 36.3 Å². The van der Waals surface area contributed by atoms with Gasteiger partial charge in [0.2, 0.25) is 0 Å². The second-order valence-corrected chi connectivity index (χ2v) is 5.20. The molecule has 1 amide bonds. The lowest BCUT2D eigenvalue weighted by atomic mass is 10.1. The Morgan fingerprint density at radius 2 is 2.05 bits per heavy atom. The summed E-state index contributed by atoms with van der Waals surface area (Å²) in [7, 11) is 1.77. The van der Waals surface area contributed by atoms with Crippen molar-refractivity contribution in [2.24, 2.45) is 5.73 Å². The Morgan fingerprint density at radius 3 is 2.62 bits per heavy atom. The van der Waals surface area contributed by atoms with Gasteiger partial charge in [-0.1, -0.05) is 12.1 Å². The minimum atomic E-state index is -0.359. The molecular weight excluding hydrogens is 295 g/mol. The van der Waals surface area contributed by atoms with Crippen LogP contribution in [0.25, 0.3) is 0 Å². The second-order valence-electron chi connectivity index (χ2n) is 5.20. The first-order valence-corrected chi connectivity index (χ1v) is 6.95. The van der Waals surface area contributed by atoms with Crippen LogP contribution in [0.3, 0.4) is 0 Å². The summed E-state index contributed by atoms with van der Waals surface area (Å²) in [4.78, 5) is 13.9. The van der Waals surface area contributed by atoms with Gasteiger partial charge in [-0.2, -0.15) is 0 Å². The fraction of sp³-hybridized carbons (Fsp3) is 0.533. The number of carbonyl (C=O) groups is 1. The summed E-state index contributed by atoms with van der Waals surface area (Å²) >= 11 is 0. The quantitative estimate of drug-likeness (QED) is 0.900. The van der Waals surface area contributed by atoms with Gasteiger partial charge in [-0.25, -0.2) is 4.39 Å². The van der Waals surface area contributed by atoms with E-state index >= 15 is 0 Å². The molecule has 21 heavy (non-hydrogen) atoms. The average Bonchev–Trinajstić information content (AvgIpc) is 2.94. The highest BCUT2D eigenvalue weighted by molar-refractivity contribution is 5.85. The second kappa shape index (κ2) is 8.32. The molecule has 0 radical (unpaired) electrons. The normalized spacial score (nSPS) is 20.9. The summed E-state index contributed by atoms with van der Waals surface area (Å²) in [5.74, 6) is -0.242. The van der Waals surface area contributed by atoms with Crippen molar-refractivity contribution in [3.05, 3.63) is 35.6 Å². The van der Waals surface area contributed by atoms with Crippen molar-refractivity contribution < 1.29 is 13.9 Å². The predicted octanol–water partition coefficient (Wildman–Crippen LogP) is 1.75. The number of nitrogens with two attached hydrogens (primary N) is 1. The molecule has 0 unspecified atom stereocenters. The van der Waals surface area contributed by atoms with E-state index in [2.05, 4.69) is 0 Å². The van der Waals surface area contributed by atoms with Crippen LogP contribution in [-0.2, 0) is 16.0 Å². The van der Waals surface area contributed by atoms with Gasteiger partial charge in [0.05, 0.1) is 6.10 Å². The molecule has 1 fully saturated rings. The molecule has 1 aliphatic heterocycles.